The summed E-state index contributed by atoms with van der Waals surface area (Å²) in [4.78, 5) is 2.13. The fraction of sp³-hybridized carbons (Fsp3) is 1.00. The van der Waals surface area contributed by atoms with E-state index in [1.807, 2.05) is 7.05 Å². The van der Waals surface area contributed by atoms with Crippen LogP contribution in [0.5, 0.6) is 0 Å². The number of nitrogens with one attached hydrogen (secondary N) is 1. The Morgan fingerprint density at radius 3 is 2.47 bits per heavy atom. The van der Waals surface area contributed by atoms with Crippen LogP contribution in [0.2, 0.25) is 0 Å². The second-order valence-electron chi connectivity index (χ2n) is 5.27. The lowest BCUT2D eigenvalue weighted by molar-refractivity contribution is 0.299. The Balaban J connectivity index is 2.05. The van der Waals surface area contributed by atoms with E-state index in [0.717, 1.165) is 25.6 Å². The van der Waals surface area contributed by atoms with Crippen molar-refractivity contribution >= 4 is 9.84 Å². The molecule has 0 amide bonds. The van der Waals surface area contributed by atoms with Gasteiger partial charge in [0.2, 0.25) is 0 Å². The smallest absolute Gasteiger partial charge is 0.148 e. The average Bonchev–Trinajstić information content (AvgIpc) is 2.27. The first-order valence-corrected chi connectivity index (χ1v) is 8.60. The van der Waals surface area contributed by atoms with Crippen molar-refractivity contribution in [2.75, 3.05) is 45.2 Å². The van der Waals surface area contributed by atoms with E-state index in [-0.39, 0.29) is 5.75 Å². The summed E-state index contributed by atoms with van der Waals surface area (Å²) in [6, 6.07) is 0. The maximum atomic E-state index is 11.0. The summed E-state index contributed by atoms with van der Waals surface area (Å²) in [5.74, 6) is 1.15. The van der Waals surface area contributed by atoms with E-state index >= 15 is 0 Å². The summed E-state index contributed by atoms with van der Waals surface area (Å²) in [6.45, 7) is 3.99. The Bertz CT molecular complexity index is 298. The van der Waals surface area contributed by atoms with Gasteiger partial charge in [-0.15, -0.1) is 0 Å². The molecule has 1 heterocycles. The molecule has 0 aromatic heterocycles. The molecular formula is C12H26N2O2S. The van der Waals surface area contributed by atoms with Gasteiger partial charge in [0.25, 0.3) is 0 Å². The SMILES string of the molecule is CN(CCCC1CCNCC1)CCS(C)(=O)=O. The number of sulfone groups is 1. The van der Waals surface area contributed by atoms with Crippen LogP contribution in [0.1, 0.15) is 25.7 Å². The van der Waals surface area contributed by atoms with E-state index in [2.05, 4.69) is 10.2 Å². The average molecular weight is 262 g/mol. The summed E-state index contributed by atoms with van der Waals surface area (Å²) >= 11 is 0. The van der Waals surface area contributed by atoms with Gasteiger partial charge in [-0.05, 0) is 58.3 Å². The van der Waals surface area contributed by atoms with Gasteiger partial charge in [0, 0.05) is 12.8 Å². The van der Waals surface area contributed by atoms with E-state index in [9.17, 15) is 8.42 Å². The van der Waals surface area contributed by atoms with Crippen molar-refractivity contribution in [3.63, 3.8) is 0 Å². The normalized spacial score (nSPS) is 18.8. The van der Waals surface area contributed by atoms with Crippen molar-refractivity contribution in [3.8, 4) is 0 Å². The van der Waals surface area contributed by atoms with Crippen molar-refractivity contribution < 1.29 is 8.42 Å². The largest absolute Gasteiger partial charge is 0.317 e. The molecule has 1 fully saturated rings. The Morgan fingerprint density at radius 2 is 1.88 bits per heavy atom. The summed E-state index contributed by atoms with van der Waals surface area (Å²) in [5.41, 5.74) is 0. The molecule has 0 bridgehead atoms. The van der Waals surface area contributed by atoms with Gasteiger partial charge in [-0.25, -0.2) is 8.42 Å². The number of piperidine rings is 1. The lowest BCUT2D eigenvalue weighted by Crippen LogP contribution is -2.29. The zero-order valence-corrected chi connectivity index (χ0v) is 11.9. The first-order chi connectivity index (χ1) is 7.97. The molecule has 0 atom stereocenters. The molecule has 1 aliphatic rings. The number of nitrogens with zero attached hydrogens (tertiary/aromatic N) is 1. The van der Waals surface area contributed by atoms with Gasteiger partial charge >= 0.3 is 0 Å². The molecule has 0 aromatic carbocycles. The lowest BCUT2D eigenvalue weighted by atomic mass is 9.93. The Morgan fingerprint density at radius 1 is 1.24 bits per heavy atom. The molecule has 0 aliphatic carbocycles. The summed E-state index contributed by atoms with van der Waals surface area (Å²) in [5, 5.41) is 3.37. The summed E-state index contributed by atoms with van der Waals surface area (Å²) < 4.78 is 22.0. The van der Waals surface area contributed by atoms with E-state index in [1.165, 1.54) is 31.9 Å². The first-order valence-electron chi connectivity index (χ1n) is 6.54. The molecule has 1 rings (SSSR count). The third-order valence-corrected chi connectivity index (χ3v) is 4.38. The maximum absolute atomic E-state index is 11.0. The van der Waals surface area contributed by atoms with E-state index < -0.39 is 9.84 Å². The predicted octanol–water partition coefficient (Wildman–Crippen LogP) is 0.743. The third-order valence-electron chi connectivity index (χ3n) is 3.45. The monoisotopic (exact) mass is 262 g/mol. The molecule has 0 spiro atoms. The van der Waals surface area contributed by atoms with Gasteiger partial charge in [-0.2, -0.15) is 0 Å². The van der Waals surface area contributed by atoms with Crippen molar-refractivity contribution in [2.24, 2.45) is 5.92 Å². The van der Waals surface area contributed by atoms with E-state index in [1.54, 1.807) is 0 Å². The molecule has 1 N–H and O–H groups in total. The topological polar surface area (TPSA) is 49.4 Å². The molecule has 0 radical (unpaired) electrons. The van der Waals surface area contributed by atoms with Gasteiger partial charge in [0.15, 0.2) is 0 Å². The van der Waals surface area contributed by atoms with Gasteiger partial charge < -0.3 is 10.2 Å². The second kappa shape index (κ2) is 7.34. The third kappa shape index (κ3) is 7.73. The minimum atomic E-state index is -2.81. The van der Waals surface area contributed by atoms with Crippen LogP contribution >= 0.6 is 0 Å². The minimum Gasteiger partial charge on any atom is -0.317 e. The van der Waals surface area contributed by atoms with Crippen LogP contribution in [0.25, 0.3) is 0 Å². The zero-order valence-electron chi connectivity index (χ0n) is 11.1. The lowest BCUT2D eigenvalue weighted by Gasteiger charge is -2.23. The van der Waals surface area contributed by atoms with Crippen molar-refractivity contribution in [2.45, 2.75) is 25.7 Å². The molecule has 0 saturated carbocycles. The van der Waals surface area contributed by atoms with Crippen LogP contribution in [0.3, 0.4) is 0 Å². The van der Waals surface area contributed by atoms with Crippen LogP contribution in [0.15, 0.2) is 0 Å². The van der Waals surface area contributed by atoms with Gasteiger partial charge in [0.1, 0.15) is 9.84 Å². The quantitative estimate of drug-likeness (QED) is 0.735. The highest BCUT2D eigenvalue weighted by atomic mass is 32.2. The molecule has 4 nitrogen and oxygen atoms in total. The highest BCUT2D eigenvalue weighted by Gasteiger charge is 2.12. The van der Waals surface area contributed by atoms with Crippen LogP contribution in [0, 0.1) is 5.92 Å². The Hall–Kier alpha value is -0.130. The molecular weight excluding hydrogens is 236 g/mol. The predicted molar refractivity (Wildman–Crippen MR) is 72.0 cm³/mol. The van der Waals surface area contributed by atoms with Gasteiger partial charge in [0.05, 0.1) is 5.75 Å². The number of hydrogen-bond acceptors (Lipinski definition) is 4. The standard InChI is InChI=1S/C12H26N2O2S/c1-14(10-11-17(2,15)16)9-3-4-12-5-7-13-8-6-12/h12-13H,3-11H2,1-2H3. The van der Waals surface area contributed by atoms with E-state index in [0.29, 0.717) is 6.54 Å². The molecule has 1 aliphatic heterocycles. The van der Waals surface area contributed by atoms with Crippen LogP contribution < -0.4 is 5.32 Å². The Labute approximate surface area is 106 Å². The molecule has 5 heteroatoms. The number of hydrogen-bond donors (Lipinski definition) is 1. The fourth-order valence-corrected chi connectivity index (χ4v) is 2.90. The summed E-state index contributed by atoms with van der Waals surface area (Å²) in [6.07, 6.45) is 6.37. The highest BCUT2D eigenvalue weighted by Crippen LogP contribution is 2.17. The maximum Gasteiger partial charge on any atom is 0.148 e. The van der Waals surface area contributed by atoms with Crippen LogP contribution in [-0.2, 0) is 9.84 Å². The van der Waals surface area contributed by atoms with Crippen molar-refractivity contribution in [3.05, 3.63) is 0 Å². The van der Waals surface area contributed by atoms with Crippen molar-refractivity contribution in [1.29, 1.82) is 0 Å². The Kier molecular flexibility index (Phi) is 6.44. The highest BCUT2D eigenvalue weighted by molar-refractivity contribution is 7.90. The van der Waals surface area contributed by atoms with Crippen LogP contribution in [-0.4, -0.2) is 58.6 Å². The number of rotatable bonds is 7. The van der Waals surface area contributed by atoms with E-state index in [4.69, 9.17) is 0 Å². The molecule has 0 unspecified atom stereocenters. The summed E-state index contributed by atoms with van der Waals surface area (Å²) in [7, 11) is -0.807. The molecule has 17 heavy (non-hydrogen) atoms. The molecule has 102 valence electrons. The van der Waals surface area contributed by atoms with Crippen LogP contribution in [0.4, 0.5) is 0 Å². The van der Waals surface area contributed by atoms with Crippen molar-refractivity contribution in [1.82, 2.24) is 10.2 Å². The minimum absolute atomic E-state index is 0.275. The van der Waals surface area contributed by atoms with Gasteiger partial charge in [-0.3, -0.25) is 0 Å². The molecule has 1 saturated heterocycles. The van der Waals surface area contributed by atoms with Gasteiger partial charge in [-0.1, -0.05) is 0 Å². The zero-order chi connectivity index (χ0) is 12.7. The second-order valence-corrected chi connectivity index (χ2v) is 7.53. The molecule has 0 aromatic rings. The fourth-order valence-electron chi connectivity index (χ4n) is 2.25. The first kappa shape index (κ1) is 14.9.